The highest BCUT2D eigenvalue weighted by molar-refractivity contribution is 6.22. The largest absolute Gasteiger partial charge is 0.481 e. The fourth-order valence-electron chi connectivity index (χ4n) is 3.81. The highest BCUT2D eigenvalue weighted by Crippen LogP contribution is 2.37. The predicted molar refractivity (Wildman–Crippen MR) is 99.8 cm³/mol. The lowest BCUT2D eigenvalue weighted by atomic mass is 9.89. The molecule has 0 aromatic heterocycles. The molecule has 0 atom stereocenters. The number of rotatable bonds is 2. The number of carbonyl (C=O) groups is 1. The van der Waals surface area contributed by atoms with Crippen LogP contribution in [0.4, 0.5) is 0 Å². The van der Waals surface area contributed by atoms with Gasteiger partial charge in [0.15, 0.2) is 0 Å². The van der Waals surface area contributed by atoms with Gasteiger partial charge in [0.05, 0.1) is 6.42 Å². The van der Waals surface area contributed by atoms with Crippen molar-refractivity contribution < 1.29 is 9.90 Å². The van der Waals surface area contributed by atoms with Crippen LogP contribution in [0.1, 0.15) is 16.7 Å². The second-order valence-corrected chi connectivity index (χ2v) is 6.44. The van der Waals surface area contributed by atoms with Crippen LogP contribution in [0, 0.1) is 13.8 Å². The van der Waals surface area contributed by atoms with Crippen LogP contribution < -0.4 is 0 Å². The van der Waals surface area contributed by atoms with Crippen molar-refractivity contribution in [3.05, 3.63) is 71.3 Å². The zero-order valence-corrected chi connectivity index (χ0v) is 13.8. The summed E-state index contributed by atoms with van der Waals surface area (Å²) < 4.78 is 0. The van der Waals surface area contributed by atoms with Crippen molar-refractivity contribution in [2.45, 2.75) is 20.3 Å². The molecule has 4 aromatic carbocycles. The maximum absolute atomic E-state index is 11.3. The molecule has 0 saturated carbocycles. The number of aliphatic carboxylic acids is 1. The third-order valence-electron chi connectivity index (χ3n) is 4.83. The van der Waals surface area contributed by atoms with Crippen molar-refractivity contribution in [3.63, 3.8) is 0 Å². The van der Waals surface area contributed by atoms with E-state index in [0.717, 1.165) is 16.3 Å². The summed E-state index contributed by atoms with van der Waals surface area (Å²) in [5.74, 6) is -0.797. The summed E-state index contributed by atoms with van der Waals surface area (Å²) in [7, 11) is 0. The van der Waals surface area contributed by atoms with Gasteiger partial charge in [-0.1, -0.05) is 48.5 Å². The highest BCUT2D eigenvalue weighted by atomic mass is 16.4. The fourth-order valence-corrected chi connectivity index (χ4v) is 3.81. The van der Waals surface area contributed by atoms with Gasteiger partial charge in [0.25, 0.3) is 0 Å². The Morgan fingerprint density at radius 1 is 0.833 bits per heavy atom. The summed E-state index contributed by atoms with van der Waals surface area (Å²) in [5, 5.41) is 16.3. The number of aryl methyl sites for hydroxylation is 2. The van der Waals surface area contributed by atoms with Gasteiger partial charge in [-0.3, -0.25) is 4.79 Å². The van der Waals surface area contributed by atoms with Gasteiger partial charge in [-0.25, -0.2) is 0 Å². The van der Waals surface area contributed by atoms with E-state index < -0.39 is 5.97 Å². The summed E-state index contributed by atoms with van der Waals surface area (Å²) in [4.78, 5) is 11.3. The maximum Gasteiger partial charge on any atom is 0.307 e. The van der Waals surface area contributed by atoms with Crippen molar-refractivity contribution in [1.29, 1.82) is 0 Å². The molecule has 0 aliphatic heterocycles. The first-order chi connectivity index (χ1) is 11.6. The molecule has 0 spiro atoms. The first-order valence-corrected chi connectivity index (χ1v) is 8.11. The molecule has 0 aliphatic rings. The van der Waals surface area contributed by atoms with Gasteiger partial charge in [0.2, 0.25) is 0 Å². The predicted octanol–water partition coefficient (Wildman–Crippen LogP) is 5.39. The van der Waals surface area contributed by atoms with Gasteiger partial charge in [0, 0.05) is 0 Å². The lowest BCUT2D eigenvalue weighted by Gasteiger charge is -2.15. The van der Waals surface area contributed by atoms with Crippen LogP contribution in [0.5, 0.6) is 0 Å². The molecule has 0 heterocycles. The Bertz CT molecular complexity index is 1120. The number of fused-ring (bicyclic) bond motifs is 5. The highest BCUT2D eigenvalue weighted by Gasteiger charge is 2.14. The molecule has 24 heavy (non-hydrogen) atoms. The number of carboxylic acid groups (broad SMARTS) is 1. The Morgan fingerprint density at radius 3 is 2.25 bits per heavy atom. The fraction of sp³-hybridized carbons (Fsp3) is 0.136. The van der Waals surface area contributed by atoms with E-state index in [9.17, 15) is 9.90 Å². The molecular formula is C22H18O2. The zero-order valence-electron chi connectivity index (χ0n) is 13.8. The number of hydrogen-bond acceptors (Lipinski definition) is 1. The standard InChI is InChI=1S/C22H18O2/c1-13-5-3-7-15-9-10-16-11-17(12-19(23)24)18-8-4-6-14(2)21(18)22(16)20(13)15/h3-11H,12H2,1-2H3,(H,23,24). The van der Waals surface area contributed by atoms with E-state index in [0.29, 0.717) is 0 Å². The van der Waals surface area contributed by atoms with E-state index in [2.05, 4.69) is 50.2 Å². The van der Waals surface area contributed by atoms with Gasteiger partial charge < -0.3 is 5.11 Å². The Morgan fingerprint density at radius 2 is 1.50 bits per heavy atom. The van der Waals surface area contributed by atoms with Crippen molar-refractivity contribution in [3.8, 4) is 0 Å². The van der Waals surface area contributed by atoms with Gasteiger partial charge in [-0.05, 0) is 68.9 Å². The summed E-state index contributed by atoms with van der Waals surface area (Å²) in [5.41, 5.74) is 3.30. The van der Waals surface area contributed by atoms with Gasteiger partial charge >= 0.3 is 5.97 Å². The zero-order chi connectivity index (χ0) is 16.8. The van der Waals surface area contributed by atoms with Crippen LogP contribution in [0.2, 0.25) is 0 Å². The molecule has 4 aromatic rings. The van der Waals surface area contributed by atoms with Crippen molar-refractivity contribution in [2.24, 2.45) is 0 Å². The third-order valence-corrected chi connectivity index (χ3v) is 4.83. The lowest BCUT2D eigenvalue weighted by molar-refractivity contribution is -0.136. The van der Waals surface area contributed by atoms with E-state index in [-0.39, 0.29) is 6.42 Å². The lowest BCUT2D eigenvalue weighted by Crippen LogP contribution is -2.01. The molecule has 1 N–H and O–H groups in total. The monoisotopic (exact) mass is 314 g/mol. The molecule has 0 unspecified atom stereocenters. The Hall–Kier alpha value is -2.87. The molecule has 0 radical (unpaired) electrons. The molecule has 0 amide bonds. The summed E-state index contributed by atoms with van der Waals surface area (Å²) >= 11 is 0. The van der Waals surface area contributed by atoms with Crippen LogP contribution in [-0.2, 0) is 11.2 Å². The molecule has 0 aliphatic carbocycles. The van der Waals surface area contributed by atoms with Crippen LogP contribution in [-0.4, -0.2) is 11.1 Å². The number of carboxylic acids is 1. The van der Waals surface area contributed by atoms with E-state index in [4.69, 9.17) is 0 Å². The van der Waals surface area contributed by atoms with Crippen LogP contribution in [0.15, 0.2) is 54.6 Å². The minimum atomic E-state index is -0.797. The average Bonchev–Trinajstić information content (AvgIpc) is 2.54. The van der Waals surface area contributed by atoms with Crippen molar-refractivity contribution in [1.82, 2.24) is 0 Å². The molecule has 4 rings (SSSR count). The third kappa shape index (κ3) is 2.15. The van der Waals surface area contributed by atoms with Crippen molar-refractivity contribution in [2.75, 3.05) is 0 Å². The summed E-state index contributed by atoms with van der Waals surface area (Å²) in [6.07, 6.45) is 0.0434. The minimum Gasteiger partial charge on any atom is -0.481 e. The van der Waals surface area contributed by atoms with E-state index >= 15 is 0 Å². The molecule has 118 valence electrons. The summed E-state index contributed by atoms with van der Waals surface area (Å²) in [6, 6.07) is 18.8. The first-order valence-electron chi connectivity index (χ1n) is 8.11. The normalized spacial score (nSPS) is 11.4. The van der Waals surface area contributed by atoms with E-state index in [1.165, 1.54) is 32.7 Å². The van der Waals surface area contributed by atoms with Gasteiger partial charge in [0.1, 0.15) is 0 Å². The topological polar surface area (TPSA) is 37.3 Å². The van der Waals surface area contributed by atoms with E-state index in [1.807, 2.05) is 18.2 Å². The second kappa shape index (κ2) is 5.34. The first kappa shape index (κ1) is 14.7. The van der Waals surface area contributed by atoms with E-state index in [1.54, 1.807) is 0 Å². The van der Waals surface area contributed by atoms with Crippen molar-refractivity contribution >= 4 is 38.3 Å². The smallest absolute Gasteiger partial charge is 0.307 e. The van der Waals surface area contributed by atoms with Crippen LogP contribution >= 0.6 is 0 Å². The molecule has 0 saturated heterocycles. The second-order valence-electron chi connectivity index (χ2n) is 6.44. The molecule has 0 bridgehead atoms. The van der Waals surface area contributed by atoms with Crippen LogP contribution in [0.3, 0.4) is 0 Å². The molecule has 2 heteroatoms. The number of hydrogen-bond donors (Lipinski definition) is 1. The number of benzene rings is 4. The summed E-state index contributed by atoms with van der Waals surface area (Å²) in [6.45, 7) is 4.24. The SMILES string of the molecule is Cc1cccc2ccc3cc(CC(=O)O)c4cccc(C)c4c3c12. The Labute approximate surface area is 140 Å². The maximum atomic E-state index is 11.3. The molecular weight excluding hydrogens is 296 g/mol. The Balaban J connectivity index is 2.30. The average molecular weight is 314 g/mol. The Kier molecular flexibility index (Phi) is 3.27. The van der Waals surface area contributed by atoms with Gasteiger partial charge in [-0.2, -0.15) is 0 Å². The molecule has 0 fully saturated rings. The minimum absolute atomic E-state index is 0.0434. The quantitative estimate of drug-likeness (QED) is 0.504. The van der Waals surface area contributed by atoms with Gasteiger partial charge in [-0.15, -0.1) is 0 Å². The molecule has 2 nitrogen and oxygen atoms in total. The van der Waals surface area contributed by atoms with Crippen LogP contribution in [0.25, 0.3) is 32.3 Å².